The largest absolute Gasteiger partial charge is 0.325 e. The number of hydrogen-bond acceptors (Lipinski definition) is 5. The molecule has 1 N–H and O–H groups in total. The van der Waals surface area contributed by atoms with E-state index in [9.17, 15) is 9.59 Å². The maximum Gasteiger partial charge on any atom is 0.234 e. The molecule has 0 aliphatic carbocycles. The summed E-state index contributed by atoms with van der Waals surface area (Å²) in [5, 5.41) is 12.6. The highest BCUT2D eigenvalue weighted by Gasteiger charge is 2.15. The summed E-state index contributed by atoms with van der Waals surface area (Å²) < 4.78 is 1.90. The Morgan fingerprint density at radius 3 is 2.45 bits per heavy atom. The van der Waals surface area contributed by atoms with E-state index in [-0.39, 0.29) is 17.4 Å². The van der Waals surface area contributed by atoms with Gasteiger partial charge in [-0.25, -0.2) is 0 Å². The van der Waals surface area contributed by atoms with Crippen LogP contribution in [0.15, 0.2) is 66.3 Å². The predicted octanol–water partition coefficient (Wildman–Crippen LogP) is 4.72. The Kier molecular flexibility index (Phi) is 6.85. The summed E-state index contributed by atoms with van der Waals surface area (Å²) in [6, 6.07) is 14.1. The Balaban J connectivity index is 1.68. The Morgan fingerprint density at radius 2 is 1.83 bits per heavy atom. The third-order valence-electron chi connectivity index (χ3n) is 4.04. The van der Waals surface area contributed by atoms with Crippen LogP contribution in [-0.4, -0.2) is 32.2 Å². The van der Waals surface area contributed by atoms with Crippen molar-refractivity contribution >= 4 is 40.7 Å². The summed E-state index contributed by atoms with van der Waals surface area (Å²) >= 11 is 7.25. The molecule has 0 saturated heterocycles. The molecule has 0 aliphatic heterocycles. The third-order valence-corrected chi connectivity index (χ3v) is 5.26. The lowest BCUT2D eigenvalue weighted by atomic mass is 10.1. The molecule has 1 amide bonds. The minimum atomic E-state index is -0.174. The number of thioether (sulfide) groups is 1. The Morgan fingerprint density at radius 1 is 1.14 bits per heavy atom. The average molecular weight is 427 g/mol. The van der Waals surface area contributed by atoms with E-state index in [0.717, 1.165) is 5.56 Å². The van der Waals surface area contributed by atoms with E-state index in [1.165, 1.54) is 18.7 Å². The summed E-state index contributed by atoms with van der Waals surface area (Å²) in [6.07, 6.45) is 1.75. The van der Waals surface area contributed by atoms with Crippen LogP contribution in [-0.2, 0) is 11.3 Å². The standard InChI is InChI=1S/C21H19ClN4O2S/c1-3-12-26-20(16-4-8-17(22)9-5-16)24-25-21(26)29-13-19(28)23-18-10-6-15(7-11-18)14(2)27/h3-11H,1,12-13H2,2H3,(H,23,28). The van der Waals surface area contributed by atoms with Crippen LogP contribution in [0.1, 0.15) is 17.3 Å². The highest BCUT2D eigenvalue weighted by molar-refractivity contribution is 7.99. The highest BCUT2D eigenvalue weighted by atomic mass is 35.5. The van der Waals surface area contributed by atoms with Crippen LogP contribution in [0.5, 0.6) is 0 Å². The molecule has 29 heavy (non-hydrogen) atoms. The number of nitrogens with one attached hydrogen (secondary N) is 1. The van der Waals surface area contributed by atoms with Crippen molar-refractivity contribution in [3.8, 4) is 11.4 Å². The van der Waals surface area contributed by atoms with Gasteiger partial charge in [-0.1, -0.05) is 29.4 Å². The van der Waals surface area contributed by atoms with Gasteiger partial charge in [-0.2, -0.15) is 0 Å². The van der Waals surface area contributed by atoms with Gasteiger partial charge in [-0.3, -0.25) is 14.2 Å². The molecule has 1 heterocycles. The van der Waals surface area contributed by atoms with Crippen LogP contribution in [0.3, 0.4) is 0 Å². The molecule has 3 aromatic rings. The van der Waals surface area contributed by atoms with E-state index in [1.54, 1.807) is 42.5 Å². The number of halogens is 1. The van der Waals surface area contributed by atoms with Crippen LogP contribution in [0.2, 0.25) is 5.02 Å². The highest BCUT2D eigenvalue weighted by Crippen LogP contribution is 2.25. The number of allylic oxidation sites excluding steroid dienone is 1. The number of benzene rings is 2. The van der Waals surface area contributed by atoms with Gasteiger partial charge in [0.2, 0.25) is 5.91 Å². The van der Waals surface area contributed by atoms with Crippen LogP contribution < -0.4 is 5.32 Å². The lowest BCUT2D eigenvalue weighted by molar-refractivity contribution is -0.113. The van der Waals surface area contributed by atoms with Gasteiger partial charge in [-0.05, 0) is 55.5 Å². The fourth-order valence-corrected chi connectivity index (χ4v) is 3.49. The number of aromatic nitrogens is 3. The molecule has 148 valence electrons. The number of hydrogen-bond donors (Lipinski definition) is 1. The zero-order valence-corrected chi connectivity index (χ0v) is 17.3. The number of amides is 1. The second-order valence-electron chi connectivity index (χ2n) is 6.18. The summed E-state index contributed by atoms with van der Waals surface area (Å²) in [6.45, 7) is 5.80. The molecule has 8 heteroatoms. The van der Waals surface area contributed by atoms with Crippen LogP contribution in [0, 0.1) is 0 Å². The number of anilines is 1. The molecule has 0 unspecified atom stereocenters. The van der Waals surface area contributed by atoms with Gasteiger partial charge in [-0.15, -0.1) is 16.8 Å². The maximum atomic E-state index is 12.3. The van der Waals surface area contributed by atoms with Crippen molar-refractivity contribution in [3.05, 3.63) is 71.8 Å². The van der Waals surface area contributed by atoms with Crippen molar-refractivity contribution in [2.24, 2.45) is 0 Å². The SMILES string of the molecule is C=CCn1c(SCC(=O)Nc2ccc(C(C)=O)cc2)nnc1-c1ccc(Cl)cc1. The van der Waals surface area contributed by atoms with Crippen LogP contribution >= 0.6 is 23.4 Å². The molecule has 6 nitrogen and oxygen atoms in total. The molecular weight excluding hydrogens is 408 g/mol. The van der Waals surface area contributed by atoms with Gasteiger partial charge in [0.05, 0.1) is 5.75 Å². The molecule has 0 aliphatic rings. The summed E-state index contributed by atoms with van der Waals surface area (Å²) in [5.74, 6) is 0.664. The van der Waals surface area contributed by atoms with Crippen LogP contribution in [0.4, 0.5) is 5.69 Å². The smallest absolute Gasteiger partial charge is 0.234 e. The van der Waals surface area contributed by atoms with Gasteiger partial charge >= 0.3 is 0 Å². The van der Waals surface area contributed by atoms with E-state index in [4.69, 9.17) is 11.6 Å². The second kappa shape index (κ2) is 9.54. The van der Waals surface area contributed by atoms with Crippen molar-refractivity contribution in [2.45, 2.75) is 18.6 Å². The quantitative estimate of drug-likeness (QED) is 0.320. The Hall–Kier alpha value is -2.90. The van der Waals surface area contributed by atoms with E-state index in [2.05, 4.69) is 22.1 Å². The zero-order valence-electron chi connectivity index (χ0n) is 15.8. The van der Waals surface area contributed by atoms with Gasteiger partial charge in [0, 0.05) is 28.4 Å². The molecule has 0 atom stereocenters. The molecular formula is C21H19ClN4O2S. The Bertz CT molecular complexity index is 1030. The van der Waals surface area contributed by atoms with E-state index in [0.29, 0.717) is 33.8 Å². The first-order valence-corrected chi connectivity index (χ1v) is 10.2. The first-order valence-electron chi connectivity index (χ1n) is 8.81. The van der Waals surface area contributed by atoms with Gasteiger partial charge in [0.1, 0.15) is 0 Å². The first kappa shape index (κ1) is 20.8. The molecule has 0 bridgehead atoms. The summed E-state index contributed by atoms with van der Waals surface area (Å²) in [7, 11) is 0. The van der Waals surface area contributed by atoms with Gasteiger partial charge < -0.3 is 5.32 Å². The number of Topliss-reactive ketones (excluding diaryl/α,β-unsaturated/α-hetero) is 1. The summed E-state index contributed by atoms with van der Waals surface area (Å²) in [5.41, 5.74) is 2.12. The van der Waals surface area contributed by atoms with E-state index < -0.39 is 0 Å². The maximum absolute atomic E-state index is 12.3. The van der Waals surface area contributed by atoms with Crippen molar-refractivity contribution in [2.75, 3.05) is 11.1 Å². The van der Waals surface area contributed by atoms with Crippen molar-refractivity contribution in [1.29, 1.82) is 0 Å². The number of carbonyl (C=O) groups is 2. The Labute approximate surface area is 178 Å². The molecule has 0 radical (unpaired) electrons. The lowest BCUT2D eigenvalue weighted by Crippen LogP contribution is -2.14. The second-order valence-corrected chi connectivity index (χ2v) is 7.56. The summed E-state index contributed by atoms with van der Waals surface area (Å²) in [4.78, 5) is 23.6. The molecule has 1 aromatic heterocycles. The minimum absolute atomic E-state index is 0.0171. The molecule has 0 fully saturated rings. The van der Waals surface area contributed by atoms with Gasteiger partial charge in [0.25, 0.3) is 0 Å². The van der Waals surface area contributed by atoms with E-state index >= 15 is 0 Å². The predicted molar refractivity (Wildman–Crippen MR) is 116 cm³/mol. The van der Waals surface area contributed by atoms with E-state index in [1.807, 2.05) is 16.7 Å². The fraction of sp³-hybridized carbons (Fsp3) is 0.143. The molecule has 2 aromatic carbocycles. The van der Waals surface area contributed by atoms with Crippen LogP contribution in [0.25, 0.3) is 11.4 Å². The van der Waals surface area contributed by atoms with Crippen molar-refractivity contribution < 1.29 is 9.59 Å². The number of ketones is 1. The monoisotopic (exact) mass is 426 g/mol. The minimum Gasteiger partial charge on any atom is -0.325 e. The topological polar surface area (TPSA) is 76.9 Å². The average Bonchev–Trinajstić information content (AvgIpc) is 3.10. The molecule has 0 saturated carbocycles. The fourth-order valence-electron chi connectivity index (χ4n) is 2.62. The molecule has 0 spiro atoms. The number of carbonyl (C=O) groups excluding carboxylic acids is 2. The first-order chi connectivity index (χ1) is 14.0. The zero-order chi connectivity index (χ0) is 20.8. The lowest BCUT2D eigenvalue weighted by Gasteiger charge is -2.08. The van der Waals surface area contributed by atoms with Crippen molar-refractivity contribution in [1.82, 2.24) is 14.8 Å². The van der Waals surface area contributed by atoms with Crippen molar-refractivity contribution in [3.63, 3.8) is 0 Å². The third kappa shape index (κ3) is 5.34. The van der Waals surface area contributed by atoms with Gasteiger partial charge in [0.15, 0.2) is 16.8 Å². The molecule has 3 rings (SSSR count). The number of rotatable bonds is 8. The normalized spacial score (nSPS) is 10.6. The number of nitrogens with zero attached hydrogens (tertiary/aromatic N) is 3.